The SMILES string of the molecule is CCCNC(=O)CN1CCC(NC(=O)COCCOc2ccccc2)CC1. The molecule has 0 saturated carbocycles. The van der Waals surface area contributed by atoms with Crippen molar-refractivity contribution in [1.82, 2.24) is 15.5 Å². The van der Waals surface area contributed by atoms with Crippen molar-refractivity contribution >= 4 is 11.8 Å². The van der Waals surface area contributed by atoms with Gasteiger partial charge in [0.25, 0.3) is 0 Å². The Morgan fingerprint density at radius 1 is 1.11 bits per heavy atom. The predicted molar refractivity (Wildman–Crippen MR) is 104 cm³/mol. The highest BCUT2D eigenvalue weighted by Gasteiger charge is 2.21. The number of benzene rings is 1. The summed E-state index contributed by atoms with van der Waals surface area (Å²) >= 11 is 0. The first-order chi connectivity index (χ1) is 13.2. The van der Waals surface area contributed by atoms with Gasteiger partial charge < -0.3 is 20.1 Å². The summed E-state index contributed by atoms with van der Waals surface area (Å²) in [5, 5.41) is 5.89. The molecule has 7 nitrogen and oxygen atoms in total. The van der Waals surface area contributed by atoms with Gasteiger partial charge in [0, 0.05) is 25.7 Å². The quantitative estimate of drug-likeness (QED) is 0.566. The topological polar surface area (TPSA) is 79.9 Å². The summed E-state index contributed by atoms with van der Waals surface area (Å²) in [6.07, 6.45) is 2.65. The molecule has 7 heteroatoms. The monoisotopic (exact) mass is 377 g/mol. The van der Waals surface area contributed by atoms with E-state index in [1.54, 1.807) is 0 Å². The van der Waals surface area contributed by atoms with Crippen molar-refractivity contribution in [2.75, 3.05) is 46.0 Å². The van der Waals surface area contributed by atoms with Crippen LogP contribution in [0.25, 0.3) is 0 Å². The highest BCUT2D eigenvalue weighted by molar-refractivity contribution is 5.78. The number of likely N-dealkylation sites (tertiary alicyclic amines) is 1. The zero-order valence-electron chi connectivity index (χ0n) is 16.1. The fraction of sp³-hybridized carbons (Fsp3) is 0.600. The summed E-state index contributed by atoms with van der Waals surface area (Å²) < 4.78 is 10.9. The molecule has 0 aliphatic carbocycles. The molecule has 0 spiro atoms. The average Bonchev–Trinajstić information content (AvgIpc) is 2.68. The van der Waals surface area contributed by atoms with Crippen molar-refractivity contribution in [3.8, 4) is 5.75 Å². The maximum absolute atomic E-state index is 12.0. The fourth-order valence-corrected chi connectivity index (χ4v) is 2.93. The Hall–Kier alpha value is -2.12. The molecule has 1 heterocycles. The number of para-hydroxylation sites is 1. The van der Waals surface area contributed by atoms with Crippen molar-refractivity contribution in [1.29, 1.82) is 0 Å². The Labute approximate surface area is 161 Å². The zero-order valence-corrected chi connectivity index (χ0v) is 16.1. The van der Waals surface area contributed by atoms with E-state index in [0.29, 0.717) is 19.8 Å². The number of ether oxygens (including phenoxy) is 2. The number of carbonyl (C=O) groups is 2. The van der Waals surface area contributed by atoms with Gasteiger partial charge in [-0.15, -0.1) is 0 Å². The summed E-state index contributed by atoms with van der Waals surface area (Å²) in [6, 6.07) is 9.66. The summed E-state index contributed by atoms with van der Waals surface area (Å²) in [7, 11) is 0. The first kappa shape index (κ1) is 21.2. The van der Waals surface area contributed by atoms with Crippen molar-refractivity contribution < 1.29 is 19.1 Å². The summed E-state index contributed by atoms with van der Waals surface area (Å²) in [6.45, 7) is 5.65. The Morgan fingerprint density at radius 3 is 2.56 bits per heavy atom. The van der Waals surface area contributed by atoms with Crippen LogP contribution in [0.4, 0.5) is 0 Å². The van der Waals surface area contributed by atoms with Crippen LogP contribution in [0.5, 0.6) is 5.75 Å². The highest BCUT2D eigenvalue weighted by Crippen LogP contribution is 2.10. The molecule has 27 heavy (non-hydrogen) atoms. The molecule has 2 N–H and O–H groups in total. The average molecular weight is 377 g/mol. The van der Waals surface area contributed by atoms with E-state index in [4.69, 9.17) is 9.47 Å². The standard InChI is InChI=1S/C20H31N3O4/c1-2-10-21-19(24)15-23-11-8-17(9-12-23)22-20(25)16-26-13-14-27-18-6-4-3-5-7-18/h3-7,17H,2,8-16H2,1H3,(H,21,24)(H,22,25). The molecule has 0 aromatic heterocycles. The number of hydrogen-bond donors (Lipinski definition) is 2. The van der Waals surface area contributed by atoms with Gasteiger partial charge in [-0.3, -0.25) is 14.5 Å². The van der Waals surface area contributed by atoms with E-state index >= 15 is 0 Å². The van der Waals surface area contributed by atoms with Crippen LogP contribution in [0.2, 0.25) is 0 Å². The van der Waals surface area contributed by atoms with Gasteiger partial charge >= 0.3 is 0 Å². The lowest BCUT2D eigenvalue weighted by atomic mass is 10.1. The van der Waals surface area contributed by atoms with Crippen molar-refractivity contribution in [3.05, 3.63) is 30.3 Å². The number of amides is 2. The van der Waals surface area contributed by atoms with Crippen molar-refractivity contribution in [3.63, 3.8) is 0 Å². The number of piperidine rings is 1. The highest BCUT2D eigenvalue weighted by atomic mass is 16.5. The minimum absolute atomic E-state index is 0.0395. The molecule has 0 radical (unpaired) electrons. The van der Waals surface area contributed by atoms with Gasteiger partial charge in [0.1, 0.15) is 19.0 Å². The van der Waals surface area contributed by atoms with Gasteiger partial charge in [-0.25, -0.2) is 0 Å². The summed E-state index contributed by atoms with van der Waals surface area (Å²) in [5.74, 6) is 0.764. The number of nitrogens with zero attached hydrogens (tertiary/aromatic N) is 1. The lowest BCUT2D eigenvalue weighted by molar-refractivity contribution is -0.127. The minimum atomic E-state index is -0.103. The normalized spacial score (nSPS) is 15.3. The van der Waals surface area contributed by atoms with E-state index < -0.39 is 0 Å². The zero-order chi connectivity index (χ0) is 19.3. The van der Waals surface area contributed by atoms with Gasteiger partial charge in [0.2, 0.25) is 11.8 Å². The van der Waals surface area contributed by atoms with E-state index in [9.17, 15) is 9.59 Å². The van der Waals surface area contributed by atoms with E-state index in [2.05, 4.69) is 15.5 Å². The third-order valence-corrected chi connectivity index (χ3v) is 4.36. The van der Waals surface area contributed by atoms with Crippen LogP contribution >= 0.6 is 0 Å². The van der Waals surface area contributed by atoms with E-state index in [-0.39, 0.29) is 24.5 Å². The Morgan fingerprint density at radius 2 is 1.85 bits per heavy atom. The molecule has 150 valence electrons. The first-order valence-electron chi connectivity index (χ1n) is 9.71. The van der Waals surface area contributed by atoms with Crippen LogP contribution in [-0.4, -0.2) is 68.8 Å². The van der Waals surface area contributed by atoms with Crippen molar-refractivity contribution in [2.45, 2.75) is 32.2 Å². The van der Waals surface area contributed by atoms with Gasteiger partial charge in [-0.2, -0.15) is 0 Å². The molecule has 1 aliphatic rings. The first-order valence-corrected chi connectivity index (χ1v) is 9.71. The van der Waals surface area contributed by atoms with Crippen LogP contribution in [0, 0.1) is 0 Å². The summed E-state index contributed by atoms with van der Waals surface area (Å²) in [4.78, 5) is 25.8. The second-order valence-electron chi connectivity index (χ2n) is 6.68. The second-order valence-corrected chi connectivity index (χ2v) is 6.68. The molecule has 1 aromatic rings. The molecular formula is C20H31N3O4. The van der Waals surface area contributed by atoms with Gasteiger partial charge in [0.05, 0.1) is 13.2 Å². The molecule has 1 aromatic carbocycles. The van der Waals surface area contributed by atoms with Crippen LogP contribution in [-0.2, 0) is 14.3 Å². The molecular weight excluding hydrogens is 346 g/mol. The molecule has 1 aliphatic heterocycles. The number of nitrogens with one attached hydrogen (secondary N) is 2. The molecule has 0 bridgehead atoms. The van der Waals surface area contributed by atoms with Crippen LogP contribution in [0.3, 0.4) is 0 Å². The fourth-order valence-electron chi connectivity index (χ4n) is 2.93. The van der Waals surface area contributed by atoms with Crippen molar-refractivity contribution in [2.24, 2.45) is 0 Å². The Bertz CT molecular complexity index is 560. The minimum Gasteiger partial charge on any atom is -0.491 e. The Kier molecular flexibility index (Phi) is 9.65. The number of carbonyl (C=O) groups excluding carboxylic acids is 2. The van der Waals surface area contributed by atoms with Crippen LogP contribution in [0.15, 0.2) is 30.3 Å². The van der Waals surface area contributed by atoms with Crippen LogP contribution < -0.4 is 15.4 Å². The predicted octanol–water partition coefficient (Wildman–Crippen LogP) is 1.19. The smallest absolute Gasteiger partial charge is 0.246 e. The van der Waals surface area contributed by atoms with Crippen LogP contribution in [0.1, 0.15) is 26.2 Å². The molecule has 2 amide bonds. The molecule has 0 unspecified atom stereocenters. The number of hydrogen-bond acceptors (Lipinski definition) is 5. The third kappa shape index (κ3) is 8.88. The van der Waals surface area contributed by atoms with Gasteiger partial charge in [-0.1, -0.05) is 25.1 Å². The molecule has 2 rings (SSSR count). The third-order valence-electron chi connectivity index (χ3n) is 4.36. The lowest BCUT2D eigenvalue weighted by Gasteiger charge is -2.31. The van der Waals surface area contributed by atoms with E-state index in [0.717, 1.165) is 44.6 Å². The second kappa shape index (κ2) is 12.3. The molecule has 1 saturated heterocycles. The van der Waals surface area contributed by atoms with E-state index in [1.165, 1.54) is 0 Å². The largest absolute Gasteiger partial charge is 0.491 e. The summed E-state index contributed by atoms with van der Waals surface area (Å²) in [5.41, 5.74) is 0. The van der Waals surface area contributed by atoms with E-state index in [1.807, 2.05) is 37.3 Å². The number of rotatable bonds is 11. The lowest BCUT2D eigenvalue weighted by Crippen LogP contribution is -2.48. The van der Waals surface area contributed by atoms with Gasteiger partial charge in [-0.05, 0) is 31.4 Å². The van der Waals surface area contributed by atoms with Gasteiger partial charge in [0.15, 0.2) is 0 Å². The molecule has 1 fully saturated rings. The maximum Gasteiger partial charge on any atom is 0.246 e. The Balaban J connectivity index is 1.51. The maximum atomic E-state index is 12.0. The molecule has 0 atom stereocenters.